The lowest BCUT2D eigenvalue weighted by molar-refractivity contribution is -0.149. The topological polar surface area (TPSA) is 65.7 Å². The fraction of sp³-hybridized carbons (Fsp3) is 0.273. The van der Waals surface area contributed by atoms with Crippen molar-refractivity contribution >= 4 is 16.9 Å². The maximum atomic E-state index is 12.3. The summed E-state index contributed by atoms with van der Waals surface area (Å²) in [5.74, 6) is -0.0274. The van der Waals surface area contributed by atoms with Crippen molar-refractivity contribution in [2.24, 2.45) is 0 Å². The van der Waals surface area contributed by atoms with E-state index in [4.69, 9.17) is 13.9 Å². The highest BCUT2D eigenvalue weighted by Crippen LogP contribution is 2.32. The average Bonchev–Trinajstić information content (AvgIpc) is 2.68. The van der Waals surface area contributed by atoms with Gasteiger partial charge in [-0.2, -0.15) is 0 Å². The van der Waals surface area contributed by atoms with E-state index < -0.39 is 17.7 Å². The summed E-state index contributed by atoms with van der Waals surface area (Å²) in [6.07, 6.45) is 0.808. The van der Waals surface area contributed by atoms with Crippen LogP contribution in [0.1, 0.15) is 36.1 Å². The second kappa shape index (κ2) is 8.08. The smallest absolute Gasteiger partial charge is 0.351 e. The van der Waals surface area contributed by atoms with E-state index in [1.165, 1.54) is 13.2 Å². The summed E-state index contributed by atoms with van der Waals surface area (Å²) in [5.41, 5.74) is 2.40. The lowest BCUT2D eigenvalue weighted by Gasteiger charge is -2.19. The Bertz CT molecular complexity index is 1000. The molecule has 1 heterocycles. The van der Waals surface area contributed by atoms with E-state index >= 15 is 0 Å². The Hall–Kier alpha value is -3.08. The van der Waals surface area contributed by atoms with E-state index in [2.05, 4.69) is 6.92 Å². The van der Waals surface area contributed by atoms with Crippen LogP contribution in [-0.4, -0.2) is 13.1 Å². The van der Waals surface area contributed by atoms with Crippen LogP contribution in [0.5, 0.6) is 5.75 Å². The van der Waals surface area contributed by atoms with Crippen LogP contribution in [0, 0.1) is 6.92 Å². The molecule has 2 aromatic carbocycles. The van der Waals surface area contributed by atoms with Crippen molar-refractivity contribution in [2.45, 2.75) is 32.8 Å². The monoisotopic (exact) mass is 366 g/mol. The predicted molar refractivity (Wildman–Crippen MR) is 103 cm³/mol. The van der Waals surface area contributed by atoms with Crippen molar-refractivity contribution in [1.82, 2.24) is 0 Å². The van der Waals surface area contributed by atoms with Crippen LogP contribution >= 0.6 is 0 Å². The second-order valence-corrected chi connectivity index (χ2v) is 6.34. The van der Waals surface area contributed by atoms with Gasteiger partial charge in [0.25, 0.3) is 0 Å². The Balaban J connectivity index is 2.07. The van der Waals surface area contributed by atoms with Gasteiger partial charge in [0.1, 0.15) is 11.3 Å². The number of fused-ring (bicyclic) bond motifs is 1. The van der Waals surface area contributed by atoms with Gasteiger partial charge in [-0.1, -0.05) is 43.7 Å². The summed E-state index contributed by atoms with van der Waals surface area (Å²) in [6, 6.07) is 14.3. The van der Waals surface area contributed by atoms with Gasteiger partial charge >= 0.3 is 11.6 Å². The largest absolute Gasteiger partial charge is 0.474 e. The number of benzene rings is 2. The Labute approximate surface area is 157 Å². The highest BCUT2D eigenvalue weighted by atomic mass is 16.6. The quantitative estimate of drug-likeness (QED) is 0.479. The molecule has 5 heteroatoms. The molecule has 0 aliphatic heterocycles. The molecular weight excluding hydrogens is 344 g/mol. The molecule has 0 aliphatic rings. The third kappa shape index (κ3) is 3.87. The molecule has 3 aromatic rings. The molecule has 0 radical (unpaired) electrons. The molecule has 3 rings (SSSR count). The van der Waals surface area contributed by atoms with Crippen LogP contribution in [-0.2, 0) is 16.0 Å². The molecule has 0 saturated heterocycles. The van der Waals surface area contributed by atoms with E-state index in [9.17, 15) is 9.59 Å². The molecular formula is C22H22O5. The molecule has 0 amide bonds. The van der Waals surface area contributed by atoms with Gasteiger partial charge in [-0.25, -0.2) is 9.59 Å². The van der Waals surface area contributed by atoms with Crippen molar-refractivity contribution in [2.75, 3.05) is 7.11 Å². The Morgan fingerprint density at radius 2 is 1.89 bits per heavy atom. The minimum atomic E-state index is -0.905. The molecule has 0 bridgehead atoms. The fourth-order valence-electron chi connectivity index (χ4n) is 3.13. The molecule has 140 valence electrons. The van der Waals surface area contributed by atoms with E-state index in [1.807, 2.05) is 31.2 Å². The van der Waals surface area contributed by atoms with Crippen molar-refractivity contribution < 1.29 is 18.7 Å². The number of methoxy groups -OCH3 is 1. The normalized spacial score (nSPS) is 12.0. The van der Waals surface area contributed by atoms with Crippen molar-refractivity contribution in [1.29, 1.82) is 0 Å². The number of carbonyl (C=O) groups excluding carboxylic acids is 1. The van der Waals surface area contributed by atoms with Gasteiger partial charge < -0.3 is 13.9 Å². The number of rotatable bonds is 6. The van der Waals surface area contributed by atoms with Gasteiger partial charge in [-0.3, -0.25) is 0 Å². The Morgan fingerprint density at radius 1 is 1.15 bits per heavy atom. The Kier molecular flexibility index (Phi) is 5.60. The number of carbonyl (C=O) groups is 1. The third-order valence-corrected chi connectivity index (χ3v) is 4.48. The number of esters is 1. The standard InChI is InChI=1S/C22H22O5/c1-4-8-16-13-19(23)27-20-14(2)18(12-11-17(16)20)26-21(22(24)25-3)15-9-6-5-7-10-15/h5-7,9-13,21H,4,8H2,1-3H3/t21-/m0/s1. The molecule has 1 atom stereocenters. The fourth-order valence-corrected chi connectivity index (χ4v) is 3.13. The Morgan fingerprint density at radius 3 is 2.56 bits per heavy atom. The average molecular weight is 366 g/mol. The molecule has 0 spiro atoms. The van der Waals surface area contributed by atoms with Crippen LogP contribution in [0.4, 0.5) is 0 Å². The zero-order valence-corrected chi connectivity index (χ0v) is 15.7. The molecule has 5 nitrogen and oxygen atoms in total. The minimum absolute atomic E-state index is 0.390. The number of aryl methyl sites for hydroxylation is 2. The van der Waals surface area contributed by atoms with Gasteiger partial charge in [0.15, 0.2) is 0 Å². The van der Waals surface area contributed by atoms with Crippen LogP contribution < -0.4 is 10.4 Å². The molecule has 1 aromatic heterocycles. The predicted octanol–water partition coefficient (Wildman–Crippen LogP) is 4.35. The van der Waals surface area contributed by atoms with Crippen LogP contribution in [0.2, 0.25) is 0 Å². The number of ether oxygens (including phenoxy) is 2. The molecule has 27 heavy (non-hydrogen) atoms. The van der Waals surface area contributed by atoms with Gasteiger partial charge in [0, 0.05) is 22.6 Å². The van der Waals surface area contributed by atoms with Crippen molar-refractivity contribution in [3.05, 3.63) is 75.6 Å². The summed E-state index contributed by atoms with van der Waals surface area (Å²) in [6.45, 7) is 3.88. The molecule has 0 aliphatic carbocycles. The maximum Gasteiger partial charge on any atom is 0.351 e. The molecule has 0 fully saturated rings. The van der Waals surface area contributed by atoms with Gasteiger partial charge in [0.2, 0.25) is 6.10 Å². The van der Waals surface area contributed by atoms with E-state index in [1.54, 1.807) is 18.2 Å². The molecule has 0 N–H and O–H groups in total. The highest BCUT2D eigenvalue weighted by molar-refractivity contribution is 5.85. The van der Waals surface area contributed by atoms with Crippen LogP contribution in [0.15, 0.2) is 57.7 Å². The highest BCUT2D eigenvalue weighted by Gasteiger charge is 2.25. The van der Waals surface area contributed by atoms with Gasteiger partial charge in [-0.15, -0.1) is 0 Å². The zero-order chi connectivity index (χ0) is 19.4. The molecule has 0 saturated carbocycles. The van der Waals surface area contributed by atoms with Crippen molar-refractivity contribution in [3.8, 4) is 5.75 Å². The summed E-state index contributed by atoms with van der Waals surface area (Å²) in [7, 11) is 1.32. The second-order valence-electron chi connectivity index (χ2n) is 6.34. The first kappa shape index (κ1) is 18.7. The summed E-state index contributed by atoms with van der Waals surface area (Å²) in [5, 5.41) is 0.885. The first-order valence-corrected chi connectivity index (χ1v) is 8.91. The SMILES string of the molecule is CCCc1cc(=O)oc2c(C)c(O[C@H](C(=O)OC)c3ccccc3)ccc12. The lowest BCUT2D eigenvalue weighted by atomic mass is 10.0. The van der Waals surface area contributed by atoms with E-state index in [0.29, 0.717) is 22.5 Å². The molecule has 0 unspecified atom stereocenters. The minimum Gasteiger partial charge on any atom is -0.474 e. The zero-order valence-electron chi connectivity index (χ0n) is 15.7. The first-order chi connectivity index (χ1) is 13.0. The van der Waals surface area contributed by atoms with Gasteiger partial charge in [0.05, 0.1) is 7.11 Å². The van der Waals surface area contributed by atoms with Gasteiger partial charge in [-0.05, 0) is 31.0 Å². The van der Waals surface area contributed by atoms with E-state index in [-0.39, 0.29) is 0 Å². The van der Waals surface area contributed by atoms with E-state index in [0.717, 1.165) is 23.8 Å². The summed E-state index contributed by atoms with van der Waals surface area (Å²) < 4.78 is 16.3. The summed E-state index contributed by atoms with van der Waals surface area (Å²) in [4.78, 5) is 24.2. The van der Waals surface area contributed by atoms with Crippen LogP contribution in [0.3, 0.4) is 0 Å². The van der Waals surface area contributed by atoms with Crippen LogP contribution in [0.25, 0.3) is 11.0 Å². The lowest BCUT2D eigenvalue weighted by Crippen LogP contribution is -2.20. The third-order valence-electron chi connectivity index (χ3n) is 4.48. The van der Waals surface area contributed by atoms with Crippen molar-refractivity contribution in [3.63, 3.8) is 0 Å². The number of hydrogen-bond acceptors (Lipinski definition) is 5. The maximum absolute atomic E-state index is 12.3. The first-order valence-electron chi connectivity index (χ1n) is 8.91. The number of hydrogen-bond donors (Lipinski definition) is 0. The summed E-state index contributed by atoms with van der Waals surface area (Å²) >= 11 is 0.